The average molecular weight is 290 g/mol. The van der Waals surface area contributed by atoms with Crippen molar-refractivity contribution in [2.24, 2.45) is 7.05 Å². The summed E-state index contributed by atoms with van der Waals surface area (Å²) in [5, 5.41) is 8.51. The number of nitrogens with zero attached hydrogens (tertiary/aromatic N) is 2. The van der Waals surface area contributed by atoms with Crippen LogP contribution in [0.3, 0.4) is 0 Å². The minimum absolute atomic E-state index is 0.00658. The Balaban J connectivity index is 1.84. The lowest BCUT2D eigenvalue weighted by molar-refractivity contribution is -0.136. The molecule has 112 valence electrons. The SMILES string of the molecule is Cn1cc(NC(=O)NCC2CCOCO2)c(C(F)F)n1. The molecule has 2 rings (SSSR count). The van der Waals surface area contributed by atoms with E-state index >= 15 is 0 Å². The van der Waals surface area contributed by atoms with Gasteiger partial charge in [0.25, 0.3) is 6.43 Å². The van der Waals surface area contributed by atoms with Gasteiger partial charge >= 0.3 is 6.03 Å². The molecule has 1 aromatic heterocycles. The fraction of sp³-hybridized carbons (Fsp3) is 0.636. The number of carbonyl (C=O) groups excluding carboxylic acids is 1. The molecule has 0 spiro atoms. The van der Waals surface area contributed by atoms with Crippen LogP contribution in [0.2, 0.25) is 0 Å². The van der Waals surface area contributed by atoms with E-state index in [9.17, 15) is 13.6 Å². The van der Waals surface area contributed by atoms with E-state index in [0.717, 1.165) is 0 Å². The monoisotopic (exact) mass is 290 g/mol. The maximum atomic E-state index is 12.7. The first-order valence-electron chi connectivity index (χ1n) is 6.12. The molecule has 0 saturated carbocycles. The van der Waals surface area contributed by atoms with Gasteiger partial charge in [-0.15, -0.1) is 0 Å². The first-order valence-corrected chi connectivity index (χ1v) is 6.12. The number of rotatable bonds is 4. The third-order valence-corrected chi connectivity index (χ3v) is 2.77. The van der Waals surface area contributed by atoms with Gasteiger partial charge in [-0.1, -0.05) is 0 Å². The summed E-state index contributed by atoms with van der Waals surface area (Å²) in [6, 6.07) is -0.574. The lowest BCUT2D eigenvalue weighted by Crippen LogP contribution is -2.39. The van der Waals surface area contributed by atoms with Crippen LogP contribution < -0.4 is 10.6 Å². The zero-order valence-electron chi connectivity index (χ0n) is 10.9. The Morgan fingerprint density at radius 3 is 3.10 bits per heavy atom. The minimum atomic E-state index is -2.75. The molecule has 2 amide bonds. The molecule has 0 radical (unpaired) electrons. The summed E-state index contributed by atoms with van der Waals surface area (Å²) in [6.07, 6.45) is -0.870. The maximum Gasteiger partial charge on any atom is 0.319 e. The number of carbonyl (C=O) groups is 1. The quantitative estimate of drug-likeness (QED) is 0.874. The van der Waals surface area contributed by atoms with Gasteiger partial charge in [0.1, 0.15) is 6.79 Å². The molecule has 1 aromatic rings. The summed E-state index contributed by atoms with van der Waals surface area (Å²) in [6.45, 7) is 1.07. The van der Waals surface area contributed by atoms with Crippen molar-refractivity contribution in [1.82, 2.24) is 15.1 Å². The second kappa shape index (κ2) is 6.62. The van der Waals surface area contributed by atoms with E-state index in [0.29, 0.717) is 19.6 Å². The Kier molecular flexibility index (Phi) is 4.85. The molecule has 2 heterocycles. The van der Waals surface area contributed by atoms with Crippen molar-refractivity contribution in [2.45, 2.75) is 19.0 Å². The molecular weight excluding hydrogens is 274 g/mol. The van der Waals surface area contributed by atoms with Crippen molar-refractivity contribution in [1.29, 1.82) is 0 Å². The molecular formula is C11H16F2N4O3. The highest BCUT2D eigenvalue weighted by molar-refractivity contribution is 5.89. The van der Waals surface area contributed by atoms with Gasteiger partial charge in [0.15, 0.2) is 5.69 Å². The molecule has 1 saturated heterocycles. The van der Waals surface area contributed by atoms with Gasteiger partial charge in [-0.25, -0.2) is 13.6 Å². The molecule has 2 N–H and O–H groups in total. The highest BCUT2D eigenvalue weighted by Gasteiger charge is 2.20. The lowest BCUT2D eigenvalue weighted by atomic mass is 10.2. The van der Waals surface area contributed by atoms with Crippen LogP contribution in [0.15, 0.2) is 6.20 Å². The third kappa shape index (κ3) is 3.87. The van der Waals surface area contributed by atoms with Gasteiger partial charge < -0.3 is 20.1 Å². The molecule has 20 heavy (non-hydrogen) atoms. The topological polar surface area (TPSA) is 77.4 Å². The largest absolute Gasteiger partial charge is 0.355 e. The van der Waals surface area contributed by atoms with Crippen LogP contribution in [-0.2, 0) is 16.5 Å². The summed E-state index contributed by atoms with van der Waals surface area (Å²) in [4.78, 5) is 11.6. The second-order valence-corrected chi connectivity index (χ2v) is 4.34. The first-order chi connectivity index (χ1) is 9.56. The van der Waals surface area contributed by atoms with Crippen molar-refractivity contribution < 1.29 is 23.0 Å². The van der Waals surface area contributed by atoms with Crippen LogP contribution in [0.5, 0.6) is 0 Å². The van der Waals surface area contributed by atoms with Crippen molar-refractivity contribution in [3.8, 4) is 0 Å². The second-order valence-electron chi connectivity index (χ2n) is 4.34. The van der Waals surface area contributed by atoms with Crippen molar-refractivity contribution in [2.75, 3.05) is 25.3 Å². The van der Waals surface area contributed by atoms with E-state index in [1.54, 1.807) is 0 Å². The van der Waals surface area contributed by atoms with Crippen molar-refractivity contribution >= 4 is 11.7 Å². The number of hydrogen-bond donors (Lipinski definition) is 2. The van der Waals surface area contributed by atoms with Crippen LogP contribution in [-0.4, -0.2) is 41.9 Å². The summed E-state index contributed by atoms with van der Waals surface area (Å²) >= 11 is 0. The number of anilines is 1. The van der Waals surface area contributed by atoms with E-state index in [-0.39, 0.29) is 18.6 Å². The normalized spacial score (nSPS) is 19.1. The predicted molar refractivity (Wildman–Crippen MR) is 65.5 cm³/mol. The van der Waals surface area contributed by atoms with E-state index in [4.69, 9.17) is 9.47 Å². The van der Waals surface area contributed by atoms with E-state index in [1.807, 2.05) is 0 Å². The summed E-state index contributed by atoms with van der Waals surface area (Å²) in [5.74, 6) is 0. The van der Waals surface area contributed by atoms with Crippen LogP contribution in [0.1, 0.15) is 18.5 Å². The molecule has 0 aliphatic carbocycles. The molecule has 1 aliphatic rings. The summed E-state index contributed by atoms with van der Waals surface area (Å²) in [7, 11) is 1.50. The minimum Gasteiger partial charge on any atom is -0.355 e. The first kappa shape index (κ1) is 14.7. The van der Waals surface area contributed by atoms with Gasteiger partial charge in [-0.05, 0) is 6.42 Å². The zero-order chi connectivity index (χ0) is 14.5. The standard InChI is InChI=1S/C11H16F2N4O3/c1-17-5-8(9(16-17)10(12)13)15-11(18)14-4-7-2-3-19-6-20-7/h5,7,10H,2-4,6H2,1H3,(H2,14,15,18). The van der Waals surface area contributed by atoms with Crippen molar-refractivity contribution in [3.63, 3.8) is 0 Å². The molecule has 9 heteroatoms. The Morgan fingerprint density at radius 2 is 2.45 bits per heavy atom. The Labute approximate surface area is 114 Å². The van der Waals surface area contributed by atoms with Gasteiger partial charge in [0.05, 0.1) is 18.4 Å². The highest BCUT2D eigenvalue weighted by atomic mass is 19.3. The van der Waals surface area contributed by atoms with Crippen LogP contribution in [0, 0.1) is 0 Å². The lowest BCUT2D eigenvalue weighted by Gasteiger charge is -2.22. The molecule has 1 atom stereocenters. The third-order valence-electron chi connectivity index (χ3n) is 2.77. The number of aryl methyl sites for hydroxylation is 1. The van der Waals surface area contributed by atoms with Crippen LogP contribution in [0.4, 0.5) is 19.3 Å². The summed E-state index contributed by atoms with van der Waals surface area (Å²) < 4.78 is 36.8. The van der Waals surface area contributed by atoms with Gasteiger partial charge in [0, 0.05) is 19.8 Å². The smallest absolute Gasteiger partial charge is 0.319 e. The highest BCUT2D eigenvalue weighted by Crippen LogP contribution is 2.24. The number of urea groups is 1. The summed E-state index contributed by atoms with van der Waals surface area (Å²) in [5.41, 5.74) is -0.460. The number of ether oxygens (including phenoxy) is 2. The van der Waals surface area contributed by atoms with E-state index < -0.39 is 18.2 Å². The number of halogens is 2. The number of alkyl halides is 2. The molecule has 1 fully saturated rings. The number of aromatic nitrogens is 2. The van der Waals surface area contributed by atoms with E-state index in [2.05, 4.69) is 15.7 Å². The average Bonchev–Trinajstić information content (AvgIpc) is 2.79. The van der Waals surface area contributed by atoms with Crippen LogP contribution >= 0.6 is 0 Å². The fourth-order valence-corrected chi connectivity index (χ4v) is 1.80. The number of nitrogens with one attached hydrogen (secondary N) is 2. The maximum absolute atomic E-state index is 12.7. The van der Waals surface area contributed by atoms with Gasteiger partial charge in [-0.3, -0.25) is 4.68 Å². The Bertz CT molecular complexity index is 461. The predicted octanol–water partition coefficient (Wildman–Crippen LogP) is 1.24. The van der Waals surface area contributed by atoms with Gasteiger partial charge in [0.2, 0.25) is 0 Å². The fourth-order valence-electron chi connectivity index (χ4n) is 1.80. The molecule has 0 bridgehead atoms. The molecule has 0 aromatic carbocycles. The molecule has 1 unspecified atom stereocenters. The molecule has 1 aliphatic heterocycles. The van der Waals surface area contributed by atoms with E-state index in [1.165, 1.54) is 17.9 Å². The number of hydrogen-bond acceptors (Lipinski definition) is 4. The van der Waals surface area contributed by atoms with Gasteiger partial charge in [-0.2, -0.15) is 5.10 Å². The van der Waals surface area contributed by atoms with Crippen molar-refractivity contribution in [3.05, 3.63) is 11.9 Å². The number of amides is 2. The van der Waals surface area contributed by atoms with Crippen LogP contribution in [0.25, 0.3) is 0 Å². The molecule has 7 nitrogen and oxygen atoms in total. The zero-order valence-corrected chi connectivity index (χ0v) is 10.9. The Morgan fingerprint density at radius 1 is 1.65 bits per heavy atom. The Hall–Kier alpha value is -1.74.